The molecule has 6 nitrogen and oxygen atoms in total. The van der Waals surface area contributed by atoms with Gasteiger partial charge in [0.15, 0.2) is 11.6 Å². The third-order valence-corrected chi connectivity index (χ3v) is 7.30. The lowest BCUT2D eigenvalue weighted by atomic mass is 9.88. The zero-order chi connectivity index (χ0) is 26.9. The molecule has 1 heterocycles. The van der Waals surface area contributed by atoms with Crippen molar-refractivity contribution in [2.24, 2.45) is 5.73 Å². The summed E-state index contributed by atoms with van der Waals surface area (Å²) in [7, 11) is 1.54. The number of carbonyl (C=O) groups excluding carboxylic acids is 1. The van der Waals surface area contributed by atoms with Gasteiger partial charge >= 0.3 is 0 Å². The molecule has 0 aromatic heterocycles. The Balaban J connectivity index is 1.74. The fourth-order valence-electron chi connectivity index (χ4n) is 4.94. The quantitative estimate of drug-likeness (QED) is 0.294. The molecule has 0 bridgehead atoms. The molecule has 202 valence electrons. The maximum Gasteiger partial charge on any atom is 0.249 e. The highest BCUT2D eigenvalue weighted by atomic mass is 35.5. The van der Waals surface area contributed by atoms with Crippen molar-refractivity contribution in [2.45, 2.75) is 31.2 Å². The average molecular weight is 540 g/mol. The van der Waals surface area contributed by atoms with Crippen LogP contribution in [0.5, 0.6) is 5.75 Å². The van der Waals surface area contributed by atoms with Crippen LogP contribution in [-0.2, 0) is 4.74 Å². The van der Waals surface area contributed by atoms with E-state index in [4.69, 9.17) is 26.8 Å². The maximum absolute atomic E-state index is 15.8. The molecular weight excluding hydrogens is 505 g/mol. The summed E-state index contributed by atoms with van der Waals surface area (Å²) in [6.07, 6.45) is 3.32. The fourth-order valence-corrected chi connectivity index (χ4v) is 5.16. The van der Waals surface area contributed by atoms with Crippen LogP contribution in [0.1, 0.15) is 46.7 Å². The van der Waals surface area contributed by atoms with Crippen molar-refractivity contribution in [3.63, 3.8) is 0 Å². The van der Waals surface area contributed by atoms with Crippen LogP contribution in [0.3, 0.4) is 0 Å². The number of benzene rings is 3. The third-order valence-electron chi connectivity index (χ3n) is 6.97. The van der Waals surface area contributed by atoms with E-state index in [9.17, 15) is 4.79 Å². The van der Waals surface area contributed by atoms with Crippen LogP contribution in [0, 0.1) is 5.82 Å². The van der Waals surface area contributed by atoms with Gasteiger partial charge in [0.2, 0.25) is 5.91 Å². The number of hydrogen-bond donors (Lipinski definition) is 3. The van der Waals surface area contributed by atoms with Crippen LogP contribution in [0.25, 0.3) is 11.1 Å². The molecular formula is C30H35ClFN3O3. The molecule has 4 N–H and O–H groups in total. The Morgan fingerprint density at radius 2 is 1.92 bits per heavy atom. The number of ether oxygens (including phenoxy) is 2. The Morgan fingerprint density at radius 3 is 2.68 bits per heavy atom. The van der Waals surface area contributed by atoms with Gasteiger partial charge in [0.05, 0.1) is 12.2 Å². The maximum atomic E-state index is 15.8. The molecule has 0 spiro atoms. The summed E-state index contributed by atoms with van der Waals surface area (Å²) in [6.45, 7) is 3.21. The molecule has 1 aliphatic rings. The standard InChI is InChI=1S/C30H35ClFN3O3/c1-37-16-17-38-27-12-10-23(30(33)36)28(29(27)32)24-18-21(9-11-26(24)31)25(20-6-3-2-4-7-20)19-35-22-8-5-14-34-15-13-22/h2-4,6-7,9-12,18,22,25,34-35H,5,8,13-17,19H2,1H3,(H2,33,36)/t22-,25?/m0/s1. The summed E-state index contributed by atoms with van der Waals surface area (Å²) >= 11 is 6.62. The van der Waals surface area contributed by atoms with Crippen molar-refractivity contribution in [1.29, 1.82) is 0 Å². The summed E-state index contributed by atoms with van der Waals surface area (Å²) in [5.41, 5.74) is 8.21. The van der Waals surface area contributed by atoms with Crippen molar-refractivity contribution >= 4 is 17.5 Å². The SMILES string of the molecule is COCCOc1ccc(C(N)=O)c(-c2cc(C(CN[C@H]3CCCNCC3)c3ccccc3)ccc2Cl)c1F. The second kappa shape index (κ2) is 13.7. The van der Waals surface area contributed by atoms with E-state index in [0.717, 1.165) is 43.5 Å². The Morgan fingerprint density at radius 1 is 1.11 bits per heavy atom. The van der Waals surface area contributed by atoms with E-state index in [-0.39, 0.29) is 29.4 Å². The number of carbonyl (C=O) groups is 1. The molecule has 2 atom stereocenters. The Labute approximate surface area is 228 Å². The summed E-state index contributed by atoms with van der Waals surface area (Å²) in [4.78, 5) is 12.3. The van der Waals surface area contributed by atoms with Crippen LogP contribution < -0.4 is 21.1 Å². The molecule has 0 radical (unpaired) electrons. The minimum Gasteiger partial charge on any atom is -0.488 e. The van der Waals surface area contributed by atoms with Crippen molar-refractivity contribution < 1.29 is 18.7 Å². The number of hydrogen-bond acceptors (Lipinski definition) is 5. The van der Waals surface area contributed by atoms with Gasteiger partial charge in [-0.3, -0.25) is 4.79 Å². The summed E-state index contributed by atoms with van der Waals surface area (Å²) in [5.74, 6) is -1.43. The zero-order valence-corrected chi connectivity index (χ0v) is 22.4. The van der Waals surface area contributed by atoms with Crippen molar-refractivity contribution in [3.8, 4) is 16.9 Å². The van der Waals surface area contributed by atoms with Gasteiger partial charge in [0, 0.05) is 41.8 Å². The van der Waals surface area contributed by atoms with Gasteiger partial charge in [-0.2, -0.15) is 0 Å². The molecule has 3 aromatic rings. The largest absolute Gasteiger partial charge is 0.488 e. The highest BCUT2D eigenvalue weighted by molar-refractivity contribution is 6.33. The number of nitrogens with two attached hydrogens (primary N) is 1. The number of primary amides is 1. The predicted octanol–water partition coefficient (Wildman–Crippen LogP) is 5.13. The van der Waals surface area contributed by atoms with E-state index in [1.54, 1.807) is 6.07 Å². The molecule has 8 heteroatoms. The predicted molar refractivity (Wildman–Crippen MR) is 150 cm³/mol. The van der Waals surface area contributed by atoms with Gasteiger partial charge in [0.25, 0.3) is 0 Å². The minimum absolute atomic E-state index is 0.00627. The first kappa shape index (κ1) is 28.0. The van der Waals surface area contributed by atoms with Gasteiger partial charge < -0.3 is 25.8 Å². The van der Waals surface area contributed by atoms with Crippen molar-refractivity contribution in [3.05, 3.63) is 88.2 Å². The molecule has 38 heavy (non-hydrogen) atoms. The van der Waals surface area contributed by atoms with E-state index in [2.05, 4.69) is 22.8 Å². The van der Waals surface area contributed by atoms with Crippen LogP contribution in [0.2, 0.25) is 5.02 Å². The minimum atomic E-state index is -0.743. The zero-order valence-electron chi connectivity index (χ0n) is 21.6. The Kier molecular flexibility index (Phi) is 10.1. The van der Waals surface area contributed by atoms with Crippen LogP contribution in [0.4, 0.5) is 4.39 Å². The Hall–Kier alpha value is -2.97. The first-order valence-electron chi connectivity index (χ1n) is 13.0. The van der Waals surface area contributed by atoms with Crippen molar-refractivity contribution in [1.82, 2.24) is 10.6 Å². The van der Waals surface area contributed by atoms with Gasteiger partial charge in [-0.15, -0.1) is 0 Å². The molecule has 1 saturated heterocycles. The highest BCUT2D eigenvalue weighted by Gasteiger charge is 2.24. The second-order valence-electron chi connectivity index (χ2n) is 9.49. The molecule has 3 aromatic carbocycles. The number of rotatable bonds is 11. The molecule has 4 rings (SSSR count). The average Bonchev–Trinajstić information content (AvgIpc) is 3.20. The smallest absolute Gasteiger partial charge is 0.249 e. The third kappa shape index (κ3) is 6.91. The number of methoxy groups -OCH3 is 1. The lowest BCUT2D eigenvalue weighted by molar-refractivity contribution is 0.1000. The molecule has 1 unspecified atom stereocenters. The molecule has 0 aliphatic carbocycles. The van der Waals surface area contributed by atoms with Crippen LogP contribution >= 0.6 is 11.6 Å². The molecule has 1 aliphatic heterocycles. The second-order valence-corrected chi connectivity index (χ2v) is 9.90. The number of nitrogens with one attached hydrogen (secondary N) is 2. The Bertz CT molecular complexity index is 1220. The normalized spacial score (nSPS) is 16.6. The van der Waals surface area contributed by atoms with E-state index in [0.29, 0.717) is 29.8 Å². The molecule has 0 saturated carbocycles. The highest BCUT2D eigenvalue weighted by Crippen LogP contribution is 2.39. The van der Waals surface area contributed by atoms with Crippen molar-refractivity contribution in [2.75, 3.05) is 40.0 Å². The fraction of sp³-hybridized carbons (Fsp3) is 0.367. The summed E-state index contributed by atoms with van der Waals surface area (Å²) in [5, 5.41) is 7.53. The monoisotopic (exact) mass is 539 g/mol. The van der Waals surface area contributed by atoms with Crippen LogP contribution in [-0.4, -0.2) is 51.9 Å². The van der Waals surface area contributed by atoms with Crippen LogP contribution in [0.15, 0.2) is 60.7 Å². The first-order valence-corrected chi connectivity index (χ1v) is 13.4. The van der Waals surface area contributed by atoms with E-state index >= 15 is 4.39 Å². The lowest BCUT2D eigenvalue weighted by Crippen LogP contribution is -2.33. The number of halogens is 2. The topological polar surface area (TPSA) is 85.6 Å². The molecule has 1 fully saturated rings. The van der Waals surface area contributed by atoms with E-state index in [1.807, 2.05) is 30.3 Å². The van der Waals surface area contributed by atoms with Gasteiger partial charge in [-0.05, 0) is 67.7 Å². The first-order chi connectivity index (χ1) is 18.5. The summed E-state index contributed by atoms with van der Waals surface area (Å²) in [6, 6.07) is 19.1. The van der Waals surface area contributed by atoms with E-state index < -0.39 is 11.7 Å². The number of amides is 1. The van der Waals surface area contributed by atoms with Gasteiger partial charge in [0.1, 0.15) is 6.61 Å². The van der Waals surface area contributed by atoms with Gasteiger partial charge in [-0.25, -0.2) is 4.39 Å². The lowest BCUT2D eigenvalue weighted by Gasteiger charge is -2.24. The summed E-state index contributed by atoms with van der Waals surface area (Å²) < 4.78 is 26.4. The molecule has 1 amide bonds. The van der Waals surface area contributed by atoms with Gasteiger partial charge in [-0.1, -0.05) is 48.0 Å². The van der Waals surface area contributed by atoms with E-state index in [1.165, 1.54) is 19.2 Å².